The quantitative estimate of drug-likeness (QED) is 0.562. The zero-order valence-corrected chi connectivity index (χ0v) is 22.0. The summed E-state index contributed by atoms with van der Waals surface area (Å²) in [5.74, 6) is 3.56. The lowest BCUT2D eigenvalue weighted by atomic mass is 9.43. The number of aliphatic hydroxyl groups excluding tert-OH is 2. The summed E-state index contributed by atoms with van der Waals surface area (Å²) in [6, 6.07) is 8.26. The summed E-state index contributed by atoms with van der Waals surface area (Å²) in [5.41, 5.74) is 2.95. The van der Waals surface area contributed by atoms with Crippen molar-refractivity contribution in [2.24, 2.45) is 46.3 Å². The fraction of sp³-hybridized carbons (Fsp3) is 0.774. The third-order valence-corrected chi connectivity index (χ3v) is 12.1. The molecular formula is C31H45NO3. The Morgan fingerprint density at radius 1 is 1.03 bits per heavy atom. The first-order valence-corrected chi connectivity index (χ1v) is 14.5. The van der Waals surface area contributed by atoms with Crippen LogP contribution in [0.1, 0.15) is 90.5 Å². The lowest BCUT2D eigenvalue weighted by molar-refractivity contribution is -0.174. The molecule has 0 radical (unpaired) electrons. The Morgan fingerprint density at radius 2 is 1.77 bits per heavy atom. The van der Waals surface area contributed by atoms with E-state index >= 15 is 0 Å². The molecule has 4 aliphatic carbocycles. The molecule has 4 heteroatoms. The molecule has 1 heterocycles. The maximum Gasteiger partial charge on any atom is 0.227 e. The third-order valence-electron chi connectivity index (χ3n) is 12.1. The standard InChI is InChI=1S/C31H45NO3/c1-19(8-11-28(35)32-18-20-6-4-5-7-26(20)32)23-9-10-24-29-25(13-15-31(23,24)3)30(2)14-12-22(33)16-21(30)17-27(29)34/h4-7,19,21-25,27,29,33-34H,8-18H2,1-3H3/t19-,21+,22-,23-,24+,25+,27+,29+,30+,31-/m1/s1. The van der Waals surface area contributed by atoms with Crippen molar-refractivity contribution in [2.45, 2.75) is 104 Å². The molecule has 0 bridgehead atoms. The van der Waals surface area contributed by atoms with Gasteiger partial charge in [0.15, 0.2) is 0 Å². The van der Waals surface area contributed by atoms with E-state index in [2.05, 4.69) is 39.0 Å². The van der Waals surface area contributed by atoms with Crippen molar-refractivity contribution < 1.29 is 15.0 Å². The van der Waals surface area contributed by atoms with E-state index in [-0.39, 0.29) is 28.9 Å². The van der Waals surface area contributed by atoms with Crippen LogP contribution in [0.3, 0.4) is 0 Å². The molecule has 0 aromatic heterocycles. The molecule has 4 nitrogen and oxygen atoms in total. The number of rotatable bonds is 4. The Morgan fingerprint density at radius 3 is 2.57 bits per heavy atom. The van der Waals surface area contributed by atoms with Gasteiger partial charge in [0.25, 0.3) is 0 Å². The average molecular weight is 480 g/mol. The van der Waals surface area contributed by atoms with E-state index in [0.29, 0.717) is 41.9 Å². The van der Waals surface area contributed by atoms with E-state index in [9.17, 15) is 15.0 Å². The van der Waals surface area contributed by atoms with Crippen molar-refractivity contribution in [3.63, 3.8) is 0 Å². The van der Waals surface area contributed by atoms with Gasteiger partial charge in [0.05, 0.1) is 18.8 Å². The number of anilines is 1. The highest BCUT2D eigenvalue weighted by atomic mass is 16.3. The molecule has 1 aliphatic heterocycles. The Kier molecular flexibility index (Phi) is 5.88. The lowest BCUT2D eigenvalue weighted by Gasteiger charge is -2.62. The molecule has 1 amide bonds. The van der Waals surface area contributed by atoms with Crippen molar-refractivity contribution >= 4 is 11.6 Å². The number of aliphatic hydroxyl groups is 2. The third kappa shape index (κ3) is 3.64. The number of carbonyl (C=O) groups excluding carboxylic acids is 1. The van der Waals surface area contributed by atoms with Crippen LogP contribution in [-0.4, -0.2) is 28.3 Å². The van der Waals surface area contributed by atoms with Crippen molar-refractivity contribution in [3.05, 3.63) is 29.8 Å². The summed E-state index contributed by atoms with van der Waals surface area (Å²) in [6.07, 6.45) is 10.0. The number of nitrogens with zero attached hydrogens (tertiary/aromatic N) is 1. The molecular weight excluding hydrogens is 434 g/mol. The molecule has 4 saturated carbocycles. The van der Waals surface area contributed by atoms with E-state index in [4.69, 9.17) is 0 Å². The Hall–Kier alpha value is -1.39. The fourth-order valence-electron chi connectivity index (χ4n) is 10.2. The van der Waals surface area contributed by atoms with Crippen LogP contribution in [0.15, 0.2) is 24.3 Å². The molecule has 0 saturated heterocycles. The maximum absolute atomic E-state index is 13.0. The lowest BCUT2D eigenvalue weighted by Crippen LogP contribution is -2.58. The number of hydrogen-bond acceptors (Lipinski definition) is 3. The minimum atomic E-state index is -0.213. The highest BCUT2D eigenvalue weighted by molar-refractivity contribution is 5.97. The minimum Gasteiger partial charge on any atom is -0.393 e. The Labute approximate surface area is 211 Å². The summed E-state index contributed by atoms with van der Waals surface area (Å²) in [7, 11) is 0. The van der Waals surface area contributed by atoms with Gasteiger partial charge in [-0.2, -0.15) is 0 Å². The average Bonchev–Trinajstić information content (AvgIpc) is 3.16. The van der Waals surface area contributed by atoms with E-state index in [0.717, 1.165) is 44.3 Å². The number of hydrogen-bond donors (Lipinski definition) is 2. The molecule has 1 aromatic carbocycles. The first-order valence-electron chi connectivity index (χ1n) is 14.5. The molecule has 0 spiro atoms. The first-order chi connectivity index (χ1) is 16.7. The van der Waals surface area contributed by atoms with Gasteiger partial charge in [-0.15, -0.1) is 0 Å². The van der Waals surface area contributed by atoms with Crippen LogP contribution in [0.4, 0.5) is 5.69 Å². The number of fused-ring (bicyclic) bond motifs is 6. The SMILES string of the molecule is C[C@H](CCC(=O)N1Cc2ccccc21)[C@H]1CC[C@H]2[C@@H]3[C@@H](O)C[C@@H]4C[C@H](O)CC[C@]4(C)[C@H]3CC[C@]12C. The topological polar surface area (TPSA) is 60.8 Å². The molecule has 5 aliphatic rings. The van der Waals surface area contributed by atoms with Gasteiger partial charge in [0.2, 0.25) is 5.91 Å². The number of amides is 1. The Balaban J connectivity index is 1.13. The predicted octanol–water partition coefficient (Wildman–Crippen LogP) is 5.94. The number of carbonyl (C=O) groups is 1. The van der Waals surface area contributed by atoms with Crippen LogP contribution >= 0.6 is 0 Å². The van der Waals surface area contributed by atoms with Crippen LogP contribution in [0.2, 0.25) is 0 Å². The summed E-state index contributed by atoms with van der Waals surface area (Å²) >= 11 is 0. The van der Waals surface area contributed by atoms with Crippen molar-refractivity contribution in [1.29, 1.82) is 0 Å². The predicted molar refractivity (Wildman–Crippen MR) is 139 cm³/mol. The van der Waals surface area contributed by atoms with Gasteiger partial charge in [-0.05, 0) is 116 Å². The Bertz CT molecular complexity index is 978. The second-order valence-corrected chi connectivity index (χ2v) is 13.6. The van der Waals surface area contributed by atoms with Crippen molar-refractivity contribution in [1.82, 2.24) is 0 Å². The summed E-state index contributed by atoms with van der Waals surface area (Å²) in [5, 5.41) is 21.8. The van der Waals surface area contributed by atoms with Gasteiger partial charge < -0.3 is 15.1 Å². The van der Waals surface area contributed by atoms with Gasteiger partial charge in [0, 0.05) is 12.1 Å². The molecule has 35 heavy (non-hydrogen) atoms. The molecule has 2 N–H and O–H groups in total. The van der Waals surface area contributed by atoms with E-state index < -0.39 is 0 Å². The second-order valence-electron chi connectivity index (χ2n) is 13.6. The second kappa shape index (κ2) is 8.58. The van der Waals surface area contributed by atoms with Crippen molar-refractivity contribution in [3.8, 4) is 0 Å². The summed E-state index contributed by atoms with van der Waals surface area (Å²) in [6.45, 7) is 8.18. The highest BCUT2D eigenvalue weighted by Crippen LogP contribution is 2.68. The minimum absolute atomic E-state index is 0.171. The molecule has 192 valence electrons. The van der Waals surface area contributed by atoms with E-state index in [1.165, 1.54) is 31.2 Å². The van der Waals surface area contributed by atoms with Gasteiger partial charge >= 0.3 is 0 Å². The van der Waals surface area contributed by atoms with Gasteiger partial charge in [-0.1, -0.05) is 39.0 Å². The van der Waals surface area contributed by atoms with Crippen LogP contribution in [0, 0.1) is 46.3 Å². The zero-order valence-electron chi connectivity index (χ0n) is 22.0. The van der Waals surface area contributed by atoms with E-state index in [1.807, 2.05) is 11.0 Å². The molecule has 6 rings (SSSR count). The monoisotopic (exact) mass is 479 g/mol. The first kappa shape index (κ1) is 24.0. The summed E-state index contributed by atoms with van der Waals surface area (Å²) in [4.78, 5) is 14.9. The van der Waals surface area contributed by atoms with Crippen molar-refractivity contribution in [2.75, 3.05) is 4.90 Å². The highest BCUT2D eigenvalue weighted by Gasteiger charge is 2.62. The molecule has 10 atom stereocenters. The number of para-hydroxylation sites is 1. The van der Waals surface area contributed by atoms with Crippen LogP contribution in [0.25, 0.3) is 0 Å². The largest absolute Gasteiger partial charge is 0.393 e. The summed E-state index contributed by atoms with van der Waals surface area (Å²) < 4.78 is 0. The van der Waals surface area contributed by atoms with Gasteiger partial charge in [-0.3, -0.25) is 4.79 Å². The smallest absolute Gasteiger partial charge is 0.227 e. The van der Waals surface area contributed by atoms with Crippen LogP contribution in [0.5, 0.6) is 0 Å². The van der Waals surface area contributed by atoms with Gasteiger partial charge in [0.1, 0.15) is 0 Å². The molecule has 4 fully saturated rings. The van der Waals surface area contributed by atoms with E-state index in [1.54, 1.807) is 0 Å². The normalized spacial score (nSPS) is 44.9. The van der Waals surface area contributed by atoms with Crippen LogP contribution < -0.4 is 4.90 Å². The number of benzene rings is 1. The molecule has 1 aromatic rings. The maximum atomic E-state index is 13.0. The molecule has 0 unspecified atom stereocenters. The fourth-order valence-corrected chi connectivity index (χ4v) is 10.2. The zero-order chi connectivity index (χ0) is 24.5. The van der Waals surface area contributed by atoms with Crippen LogP contribution in [-0.2, 0) is 11.3 Å². The van der Waals surface area contributed by atoms with Gasteiger partial charge in [-0.25, -0.2) is 0 Å².